The lowest BCUT2D eigenvalue weighted by Crippen LogP contribution is -2.23. The van der Waals surface area contributed by atoms with Crippen LogP contribution in [0.25, 0.3) is 5.69 Å². The number of nitrogens with one attached hydrogen (secondary N) is 1. The van der Waals surface area contributed by atoms with E-state index in [0.717, 1.165) is 24.1 Å². The molecular weight excluding hydrogens is 385 g/mol. The summed E-state index contributed by atoms with van der Waals surface area (Å²) in [6, 6.07) is 4.81. The van der Waals surface area contributed by atoms with E-state index in [1.807, 2.05) is 0 Å². The minimum absolute atomic E-state index is 0.0713. The molecule has 132 valence electrons. The van der Waals surface area contributed by atoms with E-state index in [1.54, 1.807) is 18.2 Å². The number of benzene rings is 1. The normalized spacial score (nSPS) is 14.3. The van der Waals surface area contributed by atoms with Crippen LogP contribution in [0.1, 0.15) is 12.8 Å². The Kier molecular flexibility index (Phi) is 6.02. The van der Waals surface area contributed by atoms with E-state index in [1.165, 1.54) is 11.8 Å². The molecule has 0 spiro atoms. The largest absolute Gasteiger partial charge is 0.382 e. The summed E-state index contributed by atoms with van der Waals surface area (Å²) in [5.41, 5.74) is 1.82. The third kappa shape index (κ3) is 4.36. The van der Waals surface area contributed by atoms with Crippen LogP contribution in [-0.2, 0) is 4.74 Å². The first-order chi connectivity index (χ1) is 12.1. The molecule has 1 N–H and O–H groups in total. The maximum absolute atomic E-state index is 12.5. The first-order valence-corrected chi connectivity index (χ1v) is 8.92. The molecule has 0 radical (unpaired) electrons. The Hall–Kier alpha value is -1.53. The van der Waals surface area contributed by atoms with Gasteiger partial charge in [0.25, 0.3) is 5.56 Å². The predicted molar refractivity (Wildman–Crippen MR) is 101 cm³/mol. The Balaban J connectivity index is 1.76. The van der Waals surface area contributed by atoms with Crippen molar-refractivity contribution in [2.45, 2.75) is 12.8 Å². The van der Waals surface area contributed by atoms with Gasteiger partial charge in [-0.3, -0.25) is 4.79 Å². The molecule has 8 heteroatoms. The molecule has 0 saturated heterocycles. The van der Waals surface area contributed by atoms with Gasteiger partial charge in [0, 0.05) is 11.6 Å². The van der Waals surface area contributed by atoms with Crippen LogP contribution in [0.15, 0.2) is 40.8 Å². The maximum atomic E-state index is 12.5. The highest BCUT2D eigenvalue weighted by Gasteiger charge is 2.13. The van der Waals surface area contributed by atoms with E-state index in [2.05, 4.69) is 16.5 Å². The minimum Gasteiger partial charge on any atom is -0.382 e. The molecule has 1 aromatic carbocycles. The number of rotatable bonds is 5. The van der Waals surface area contributed by atoms with E-state index in [4.69, 9.17) is 39.5 Å². The Morgan fingerprint density at radius 1 is 1.28 bits per heavy atom. The Labute approximate surface area is 160 Å². The zero-order chi connectivity index (χ0) is 17.8. The molecule has 1 aromatic heterocycles. The number of anilines is 1. The van der Waals surface area contributed by atoms with Crippen molar-refractivity contribution in [1.82, 2.24) is 9.78 Å². The van der Waals surface area contributed by atoms with E-state index in [-0.39, 0.29) is 5.02 Å². The van der Waals surface area contributed by atoms with Gasteiger partial charge in [0.05, 0.1) is 35.8 Å². The predicted octanol–water partition coefficient (Wildman–Crippen LogP) is 4.34. The summed E-state index contributed by atoms with van der Waals surface area (Å²) in [6.07, 6.45) is 5.41. The van der Waals surface area contributed by atoms with Gasteiger partial charge in [-0.05, 0) is 31.0 Å². The van der Waals surface area contributed by atoms with Gasteiger partial charge in [0.2, 0.25) is 0 Å². The second-order valence-electron chi connectivity index (χ2n) is 5.55. The molecule has 3 rings (SSSR count). The van der Waals surface area contributed by atoms with Crippen LogP contribution in [0.5, 0.6) is 0 Å². The highest BCUT2D eigenvalue weighted by molar-refractivity contribution is 6.36. The number of hydrogen-bond acceptors (Lipinski definition) is 4. The van der Waals surface area contributed by atoms with Crippen LogP contribution in [0, 0.1) is 0 Å². The third-order valence-electron chi connectivity index (χ3n) is 3.88. The first kappa shape index (κ1) is 18.3. The van der Waals surface area contributed by atoms with Crippen molar-refractivity contribution in [3.8, 4) is 5.69 Å². The molecule has 0 atom stereocenters. The Morgan fingerprint density at radius 3 is 2.84 bits per heavy atom. The van der Waals surface area contributed by atoms with Crippen LogP contribution < -0.4 is 10.9 Å². The fourth-order valence-corrected chi connectivity index (χ4v) is 3.22. The second-order valence-corrected chi connectivity index (χ2v) is 6.77. The minimum atomic E-state index is -0.443. The van der Waals surface area contributed by atoms with Crippen molar-refractivity contribution < 1.29 is 4.74 Å². The van der Waals surface area contributed by atoms with Crippen molar-refractivity contribution in [3.05, 3.63) is 61.5 Å². The standard InChI is InChI=1S/C17H16Cl3N3O2/c18-12-1-2-15(13(19)9-12)23-17(24)16(20)14(10-22-23)21-6-3-11-4-7-25-8-5-11/h1-2,4,9-10,21H,3,5-8H2. The molecule has 2 aromatic rings. The van der Waals surface area contributed by atoms with Crippen LogP contribution in [0.2, 0.25) is 15.1 Å². The van der Waals surface area contributed by atoms with Crippen molar-refractivity contribution in [2.24, 2.45) is 0 Å². The van der Waals surface area contributed by atoms with E-state index in [0.29, 0.717) is 34.6 Å². The third-order valence-corrected chi connectivity index (χ3v) is 4.78. The fourth-order valence-electron chi connectivity index (χ4n) is 2.53. The van der Waals surface area contributed by atoms with Crippen LogP contribution in [0.3, 0.4) is 0 Å². The summed E-state index contributed by atoms with van der Waals surface area (Å²) in [5, 5.41) is 8.20. The average Bonchev–Trinajstić information content (AvgIpc) is 2.60. The number of halogens is 3. The molecule has 0 bridgehead atoms. The lowest BCUT2D eigenvalue weighted by atomic mass is 10.1. The number of hydrogen-bond donors (Lipinski definition) is 1. The highest BCUT2D eigenvalue weighted by atomic mass is 35.5. The monoisotopic (exact) mass is 399 g/mol. The lowest BCUT2D eigenvalue weighted by molar-refractivity contribution is 0.153. The Bertz CT molecular complexity index is 865. The highest BCUT2D eigenvalue weighted by Crippen LogP contribution is 2.24. The molecule has 0 fully saturated rings. The Morgan fingerprint density at radius 2 is 2.12 bits per heavy atom. The van der Waals surface area contributed by atoms with E-state index in [9.17, 15) is 4.79 Å². The molecule has 1 aliphatic rings. The molecule has 0 aliphatic carbocycles. The number of aromatic nitrogens is 2. The van der Waals surface area contributed by atoms with Crippen LogP contribution in [0.4, 0.5) is 5.69 Å². The smallest absolute Gasteiger partial charge is 0.292 e. The molecular formula is C17H16Cl3N3O2. The van der Waals surface area contributed by atoms with Gasteiger partial charge in [0.15, 0.2) is 0 Å². The van der Waals surface area contributed by atoms with E-state index < -0.39 is 5.56 Å². The van der Waals surface area contributed by atoms with Gasteiger partial charge in [0.1, 0.15) is 5.02 Å². The summed E-state index contributed by atoms with van der Waals surface area (Å²) < 4.78 is 6.44. The van der Waals surface area contributed by atoms with E-state index >= 15 is 0 Å². The zero-order valence-electron chi connectivity index (χ0n) is 13.3. The molecule has 0 saturated carbocycles. The summed E-state index contributed by atoms with van der Waals surface area (Å²) in [7, 11) is 0. The summed E-state index contributed by atoms with van der Waals surface area (Å²) in [6.45, 7) is 2.08. The van der Waals surface area contributed by atoms with Crippen molar-refractivity contribution in [1.29, 1.82) is 0 Å². The first-order valence-electron chi connectivity index (χ1n) is 7.79. The zero-order valence-corrected chi connectivity index (χ0v) is 15.5. The van der Waals surface area contributed by atoms with Gasteiger partial charge in [-0.1, -0.05) is 46.5 Å². The molecule has 0 amide bonds. The second kappa shape index (κ2) is 8.23. The summed E-state index contributed by atoms with van der Waals surface area (Å²) in [4.78, 5) is 12.5. The van der Waals surface area contributed by atoms with Crippen molar-refractivity contribution in [3.63, 3.8) is 0 Å². The lowest BCUT2D eigenvalue weighted by Gasteiger charge is -2.15. The number of nitrogens with zero attached hydrogens (tertiary/aromatic N) is 2. The van der Waals surface area contributed by atoms with Gasteiger partial charge < -0.3 is 10.1 Å². The topological polar surface area (TPSA) is 56.1 Å². The maximum Gasteiger partial charge on any atom is 0.292 e. The van der Waals surface area contributed by atoms with Gasteiger partial charge in [-0.15, -0.1) is 0 Å². The fraction of sp³-hybridized carbons (Fsp3) is 0.294. The molecule has 1 aliphatic heterocycles. The van der Waals surface area contributed by atoms with Crippen molar-refractivity contribution in [2.75, 3.05) is 25.1 Å². The SMILES string of the molecule is O=c1c(Cl)c(NCCC2=CCOCC2)cnn1-c1ccc(Cl)cc1Cl. The molecule has 5 nitrogen and oxygen atoms in total. The molecule has 0 unspecified atom stereocenters. The summed E-state index contributed by atoms with van der Waals surface area (Å²) >= 11 is 18.2. The van der Waals surface area contributed by atoms with Gasteiger partial charge >= 0.3 is 0 Å². The quantitative estimate of drug-likeness (QED) is 0.759. The van der Waals surface area contributed by atoms with Crippen LogP contribution >= 0.6 is 34.8 Å². The van der Waals surface area contributed by atoms with Gasteiger partial charge in [-0.2, -0.15) is 9.78 Å². The van der Waals surface area contributed by atoms with Crippen molar-refractivity contribution >= 4 is 40.5 Å². The van der Waals surface area contributed by atoms with Gasteiger partial charge in [-0.25, -0.2) is 0 Å². The van der Waals surface area contributed by atoms with Crippen LogP contribution in [-0.4, -0.2) is 29.5 Å². The molecule has 25 heavy (non-hydrogen) atoms. The average molecular weight is 401 g/mol. The molecule has 2 heterocycles. The summed E-state index contributed by atoms with van der Waals surface area (Å²) in [5.74, 6) is 0. The number of ether oxygens (including phenoxy) is 1.